The molecule has 1 aliphatic carbocycles. The zero-order valence-electron chi connectivity index (χ0n) is 9.17. The van der Waals surface area contributed by atoms with Crippen molar-refractivity contribution in [1.29, 1.82) is 0 Å². The van der Waals surface area contributed by atoms with Crippen molar-refractivity contribution in [3.05, 3.63) is 34.9 Å². The summed E-state index contributed by atoms with van der Waals surface area (Å²) in [4.78, 5) is 0. The highest BCUT2D eigenvalue weighted by atomic mass is 35.5. The highest BCUT2D eigenvalue weighted by molar-refractivity contribution is 6.31. The fraction of sp³-hybridized carbons (Fsp3) is 0.538. The summed E-state index contributed by atoms with van der Waals surface area (Å²) in [6, 6.07) is 9.15. The summed E-state index contributed by atoms with van der Waals surface area (Å²) < 4.78 is 0. The minimum Gasteiger partial charge on any atom is -0.307 e. The maximum Gasteiger partial charge on any atom is 0.0453 e. The van der Waals surface area contributed by atoms with Gasteiger partial charge in [-0.25, -0.2) is 0 Å². The summed E-state index contributed by atoms with van der Waals surface area (Å²) >= 11 is 6.16. The summed E-state index contributed by atoms with van der Waals surface area (Å²) in [5.74, 6) is 0. The minimum absolute atomic E-state index is 0.363. The Morgan fingerprint density at radius 3 is 2.60 bits per heavy atom. The minimum atomic E-state index is 0.363. The van der Waals surface area contributed by atoms with Crippen LogP contribution in [0.1, 0.15) is 44.2 Å². The van der Waals surface area contributed by atoms with Crippen molar-refractivity contribution in [2.45, 2.75) is 44.7 Å². The lowest BCUT2D eigenvalue weighted by molar-refractivity contribution is 0.461. The van der Waals surface area contributed by atoms with Gasteiger partial charge >= 0.3 is 0 Å². The van der Waals surface area contributed by atoms with Crippen LogP contribution in [0.4, 0.5) is 0 Å². The van der Waals surface area contributed by atoms with Crippen LogP contribution in [0, 0.1) is 0 Å². The highest BCUT2D eigenvalue weighted by Gasteiger charge is 2.18. The molecule has 1 aromatic rings. The van der Waals surface area contributed by atoms with Crippen LogP contribution in [-0.2, 0) is 0 Å². The number of benzene rings is 1. The number of hydrogen-bond donors (Lipinski definition) is 1. The molecule has 2 rings (SSSR count). The van der Waals surface area contributed by atoms with Gasteiger partial charge in [-0.3, -0.25) is 0 Å². The van der Waals surface area contributed by atoms with Gasteiger partial charge in [-0.2, -0.15) is 0 Å². The quantitative estimate of drug-likeness (QED) is 0.819. The summed E-state index contributed by atoms with van der Waals surface area (Å²) in [7, 11) is 0. The third kappa shape index (κ3) is 2.73. The van der Waals surface area contributed by atoms with Crippen LogP contribution >= 0.6 is 11.6 Å². The van der Waals surface area contributed by atoms with E-state index in [1.54, 1.807) is 0 Å². The molecule has 1 unspecified atom stereocenters. The van der Waals surface area contributed by atoms with Gasteiger partial charge in [0.1, 0.15) is 0 Å². The van der Waals surface area contributed by atoms with Crippen LogP contribution < -0.4 is 5.32 Å². The zero-order chi connectivity index (χ0) is 10.7. The number of rotatable bonds is 3. The Bertz CT molecular complexity index is 318. The van der Waals surface area contributed by atoms with Crippen molar-refractivity contribution in [2.75, 3.05) is 0 Å². The van der Waals surface area contributed by atoms with Gasteiger partial charge in [0.05, 0.1) is 0 Å². The van der Waals surface area contributed by atoms with E-state index < -0.39 is 0 Å². The van der Waals surface area contributed by atoms with Gasteiger partial charge in [-0.1, -0.05) is 42.6 Å². The maximum atomic E-state index is 6.16. The summed E-state index contributed by atoms with van der Waals surface area (Å²) in [5.41, 5.74) is 1.21. The van der Waals surface area contributed by atoms with E-state index in [9.17, 15) is 0 Å². The van der Waals surface area contributed by atoms with Crippen molar-refractivity contribution in [3.63, 3.8) is 0 Å². The molecular formula is C13H18ClN. The Kier molecular flexibility index (Phi) is 3.66. The fourth-order valence-corrected chi connectivity index (χ4v) is 2.66. The summed E-state index contributed by atoms with van der Waals surface area (Å²) in [6.45, 7) is 2.19. The van der Waals surface area contributed by atoms with Crippen molar-refractivity contribution < 1.29 is 0 Å². The Hall–Kier alpha value is -0.530. The molecule has 1 N–H and O–H groups in total. The molecule has 0 spiro atoms. The van der Waals surface area contributed by atoms with Gasteiger partial charge in [0.15, 0.2) is 0 Å². The molecule has 0 bridgehead atoms. The molecule has 0 radical (unpaired) electrons. The van der Waals surface area contributed by atoms with Crippen LogP contribution in [-0.4, -0.2) is 6.04 Å². The van der Waals surface area contributed by atoms with Gasteiger partial charge in [0.2, 0.25) is 0 Å². The molecule has 0 heterocycles. The van der Waals surface area contributed by atoms with Crippen LogP contribution in [0.15, 0.2) is 24.3 Å². The van der Waals surface area contributed by atoms with Crippen LogP contribution in [0.2, 0.25) is 5.02 Å². The molecule has 1 saturated carbocycles. The molecular weight excluding hydrogens is 206 g/mol. The van der Waals surface area contributed by atoms with Gasteiger partial charge in [0, 0.05) is 17.1 Å². The molecule has 82 valence electrons. The third-order valence-corrected chi connectivity index (χ3v) is 3.56. The van der Waals surface area contributed by atoms with E-state index >= 15 is 0 Å². The van der Waals surface area contributed by atoms with Gasteiger partial charge in [-0.05, 0) is 31.4 Å². The Balaban J connectivity index is 2.00. The first-order chi connectivity index (χ1) is 7.27. The second-order valence-corrected chi connectivity index (χ2v) is 4.80. The van der Waals surface area contributed by atoms with E-state index in [-0.39, 0.29) is 0 Å². The second-order valence-electron chi connectivity index (χ2n) is 4.39. The van der Waals surface area contributed by atoms with Crippen molar-refractivity contribution in [3.8, 4) is 0 Å². The number of halogens is 1. The first-order valence-electron chi connectivity index (χ1n) is 5.78. The van der Waals surface area contributed by atoms with E-state index in [4.69, 9.17) is 11.6 Å². The molecule has 1 nitrogen and oxygen atoms in total. The number of hydrogen-bond acceptors (Lipinski definition) is 1. The van der Waals surface area contributed by atoms with Crippen LogP contribution in [0.5, 0.6) is 0 Å². The molecule has 1 aliphatic rings. The maximum absolute atomic E-state index is 6.16. The fourth-order valence-electron chi connectivity index (χ4n) is 2.36. The Morgan fingerprint density at radius 2 is 1.93 bits per heavy atom. The zero-order valence-corrected chi connectivity index (χ0v) is 9.93. The Labute approximate surface area is 96.8 Å². The Morgan fingerprint density at radius 1 is 1.27 bits per heavy atom. The molecule has 1 aromatic carbocycles. The monoisotopic (exact) mass is 223 g/mol. The first-order valence-corrected chi connectivity index (χ1v) is 6.15. The van der Waals surface area contributed by atoms with Crippen molar-refractivity contribution in [1.82, 2.24) is 5.32 Å². The number of nitrogens with one attached hydrogen (secondary N) is 1. The largest absolute Gasteiger partial charge is 0.307 e. The molecule has 1 atom stereocenters. The molecule has 15 heavy (non-hydrogen) atoms. The lowest BCUT2D eigenvalue weighted by Gasteiger charge is -2.20. The molecule has 2 heteroatoms. The van der Waals surface area contributed by atoms with E-state index in [2.05, 4.69) is 18.3 Å². The highest BCUT2D eigenvalue weighted by Crippen LogP contribution is 2.25. The lowest BCUT2D eigenvalue weighted by Crippen LogP contribution is -2.29. The molecule has 0 aromatic heterocycles. The van der Waals surface area contributed by atoms with Gasteiger partial charge in [-0.15, -0.1) is 0 Å². The predicted molar refractivity (Wildman–Crippen MR) is 65.3 cm³/mol. The van der Waals surface area contributed by atoms with Crippen molar-refractivity contribution in [2.24, 2.45) is 0 Å². The van der Waals surface area contributed by atoms with Crippen LogP contribution in [0.3, 0.4) is 0 Å². The lowest BCUT2D eigenvalue weighted by atomic mass is 10.1. The topological polar surface area (TPSA) is 12.0 Å². The average molecular weight is 224 g/mol. The standard InChI is InChI=1S/C13H18ClN/c1-10(15-11-6-2-3-7-11)12-8-4-5-9-13(12)14/h4-5,8-11,15H,2-3,6-7H2,1H3. The molecule has 0 saturated heterocycles. The summed E-state index contributed by atoms with van der Waals surface area (Å²) in [6.07, 6.45) is 5.36. The first kappa shape index (κ1) is 11.0. The van der Waals surface area contributed by atoms with Gasteiger partial charge in [0.25, 0.3) is 0 Å². The van der Waals surface area contributed by atoms with E-state index in [1.165, 1.54) is 31.2 Å². The molecule has 0 aliphatic heterocycles. The summed E-state index contributed by atoms with van der Waals surface area (Å²) in [5, 5.41) is 4.52. The predicted octanol–water partition coefficient (Wildman–Crippen LogP) is 3.93. The normalized spacial score (nSPS) is 19.3. The van der Waals surface area contributed by atoms with Crippen molar-refractivity contribution >= 4 is 11.6 Å². The average Bonchev–Trinajstić information content (AvgIpc) is 2.71. The van der Waals surface area contributed by atoms with Gasteiger partial charge < -0.3 is 5.32 Å². The van der Waals surface area contributed by atoms with Crippen LogP contribution in [0.25, 0.3) is 0 Å². The molecule has 1 fully saturated rings. The van der Waals surface area contributed by atoms with E-state index in [1.807, 2.05) is 18.2 Å². The molecule has 0 amide bonds. The smallest absolute Gasteiger partial charge is 0.0453 e. The SMILES string of the molecule is CC(NC1CCCC1)c1ccccc1Cl. The third-order valence-electron chi connectivity index (χ3n) is 3.21. The van der Waals surface area contributed by atoms with E-state index in [0.717, 1.165) is 5.02 Å². The van der Waals surface area contributed by atoms with E-state index in [0.29, 0.717) is 12.1 Å². The second kappa shape index (κ2) is 5.00.